The van der Waals surface area contributed by atoms with Crippen molar-refractivity contribution in [3.63, 3.8) is 0 Å². The van der Waals surface area contributed by atoms with Gasteiger partial charge in [0.1, 0.15) is 0 Å². The minimum Gasteiger partial charge on any atom is -0.408 e. The predicted molar refractivity (Wildman–Crippen MR) is 70.0 cm³/mol. The Bertz CT molecular complexity index is 617. The molecule has 3 heterocycles. The molecule has 1 aliphatic rings. The molecule has 21 heavy (non-hydrogen) atoms. The molecule has 2 aromatic rings. The van der Waals surface area contributed by atoms with Crippen LogP contribution in [0.2, 0.25) is 0 Å². The van der Waals surface area contributed by atoms with Gasteiger partial charge >= 0.3 is 12.2 Å². The van der Waals surface area contributed by atoms with Gasteiger partial charge in [-0.3, -0.25) is 0 Å². The van der Waals surface area contributed by atoms with Crippen LogP contribution >= 0.6 is 11.3 Å². The molecule has 2 aromatic heterocycles. The lowest BCUT2D eigenvalue weighted by molar-refractivity contribution is -0.140. The molecule has 0 radical (unpaired) electrons. The van der Waals surface area contributed by atoms with E-state index in [0.29, 0.717) is 37.0 Å². The molecule has 0 saturated carbocycles. The highest BCUT2D eigenvalue weighted by molar-refractivity contribution is 7.13. The van der Waals surface area contributed by atoms with Gasteiger partial charge in [0.25, 0.3) is 0 Å². The Hall–Kier alpha value is -1.84. The van der Waals surface area contributed by atoms with E-state index in [9.17, 15) is 13.2 Å². The summed E-state index contributed by atoms with van der Waals surface area (Å²) >= 11 is 1.01. The minimum absolute atomic E-state index is 0.0298. The molecular formula is C11H12F3N5OS. The van der Waals surface area contributed by atoms with Crippen molar-refractivity contribution in [1.29, 1.82) is 0 Å². The van der Waals surface area contributed by atoms with Crippen LogP contribution < -0.4 is 10.6 Å². The first kappa shape index (κ1) is 14.1. The van der Waals surface area contributed by atoms with Crippen molar-refractivity contribution in [2.45, 2.75) is 24.9 Å². The summed E-state index contributed by atoms with van der Waals surface area (Å²) in [4.78, 5) is 5.50. The minimum atomic E-state index is -4.39. The largest absolute Gasteiger partial charge is 0.434 e. The van der Waals surface area contributed by atoms with Gasteiger partial charge in [0.05, 0.1) is 0 Å². The Morgan fingerprint density at radius 3 is 2.52 bits per heavy atom. The van der Waals surface area contributed by atoms with Crippen molar-refractivity contribution >= 4 is 22.5 Å². The van der Waals surface area contributed by atoms with Gasteiger partial charge in [0.15, 0.2) is 10.8 Å². The number of rotatable bonds is 2. The SMILES string of the molecule is Nc1nnc(C2CCN(c3nc(C(F)(F)F)cs3)CC2)o1. The van der Waals surface area contributed by atoms with Gasteiger partial charge in [0, 0.05) is 24.4 Å². The average molecular weight is 319 g/mol. The lowest BCUT2D eigenvalue weighted by atomic mass is 9.97. The van der Waals surface area contributed by atoms with Crippen molar-refractivity contribution in [3.05, 3.63) is 17.0 Å². The van der Waals surface area contributed by atoms with Gasteiger partial charge in [-0.25, -0.2) is 4.98 Å². The van der Waals surface area contributed by atoms with Crippen LogP contribution in [0.1, 0.15) is 30.3 Å². The van der Waals surface area contributed by atoms with Crippen LogP contribution in [0.15, 0.2) is 9.80 Å². The van der Waals surface area contributed by atoms with Crippen LogP contribution in [0.4, 0.5) is 24.3 Å². The Balaban J connectivity index is 1.64. The fourth-order valence-electron chi connectivity index (χ4n) is 2.27. The summed E-state index contributed by atoms with van der Waals surface area (Å²) < 4.78 is 42.8. The van der Waals surface area contributed by atoms with Gasteiger partial charge in [-0.2, -0.15) is 13.2 Å². The monoisotopic (exact) mass is 319 g/mol. The van der Waals surface area contributed by atoms with E-state index in [2.05, 4.69) is 15.2 Å². The molecule has 1 fully saturated rings. The third-order valence-electron chi connectivity index (χ3n) is 3.35. The predicted octanol–water partition coefficient (Wildman–Crippen LogP) is 2.51. The molecule has 0 aromatic carbocycles. The zero-order valence-electron chi connectivity index (χ0n) is 10.8. The summed E-state index contributed by atoms with van der Waals surface area (Å²) in [5, 5.41) is 8.90. The number of anilines is 2. The van der Waals surface area contributed by atoms with Gasteiger partial charge < -0.3 is 15.1 Å². The number of thiazole rings is 1. The maximum atomic E-state index is 12.5. The van der Waals surface area contributed by atoms with Crippen LogP contribution in [-0.4, -0.2) is 28.3 Å². The summed E-state index contributed by atoms with van der Waals surface area (Å²) in [5.74, 6) is 0.579. The highest BCUT2D eigenvalue weighted by atomic mass is 32.1. The normalized spacial score (nSPS) is 17.4. The van der Waals surface area contributed by atoms with Crippen molar-refractivity contribution in [3.8, 4) is 0 Å². The molecule has 0 unspecified atom stereocenters. The van der Waals surface area contributed by atoms with E-state index >= 15 is 0 Å². The number of nitrogen functional groups attached to an aromatic ring is 1. The second-order valence-corrected chi connectivity index (χ2v) is 5.59. The molecule has 6 nitrogen and oxygen atoms in total. The zero-order valence-corrected chi connectivity index (χ0v) is 11.6. The second-order valence-electron chi connectivity index (χ2n) is 4.75. The molecule has 0 atom stereocenters. The van der Waals surface area contributed by atoms with E-state index in [1.165, 1.54) is 0 Å². The molecule has 2 N–H and O–H groups in total. The topological polar surface area (TPSA) is 81.1 Å². The standard InChI is InChI=1S/C11H12F3N5OS/c12-11(13,14)7-5-21-10(16-7)19-3-1-6(2-4-19)8-17-18-9(15)20-8/h5-6H,1-4H2,(H2,15,18). The first-order valence-electron chi connectivity index (χ1n) is 6.30. The first-order valence-corrected chi connectivity index (χ1v) is 7.18. The number of hydrogen-bond donors (Lipinski definition) is 1. The Kier molecular flexibility index (Phi) is 3.47. The maximum Gasteiger partial charge on any atom is 0.434 e. The third-order valence-corrected chi connectivity index (χ3v) is 4.25. The molecule has 10 heteroatoms. The van der Waals surface area contributed by atoms with Gasteiger partial charge in [-0.1, -0.05) is 5.10 Å². The Morgan fingerprint density at radius 1 is 1.29 bits per heavy atom. The number of hydrogen-bond acceptors (Lipinski definition) is 7. The van der Waals surface area contributed by atoms with E-state index in [1.54, 1.807) is 0 Å². The highest BCUT2D eigenvalue weighted by Crippen LogP contribution is 2.35. The van der Waals surface area contributed by atoms with E-state index in [1.807, 2.05) is 4.90 Å². The summed E-state index contributed by atoms with van der Waals surface area (Å²) in [5.41, 5.74) is 4.54. The van der Waals surface area contributed by atoms with E-state index < -0.39 is 11.9 Å². The number of nitrogens with two attached hydrogens (primary N) is 1. The molecule has 1 aliphatic heterocycles. The molecule has 0 amide bonds. The Morgan fingerprint density at radius 2 is 2.00 bits per heavy atom. The molecular weight excluding hydrogens is 307 g/mol. The van der Waals surface area contributed by atoms with Crippen LogP contribution in [0.3, 0.4) is 0 Å². The van der Waals surface area contributed by atoms with Gasteiger partial charge in [0.2, 0.25) is 5.89 Å². The second kappa shape index (κ2) is 5.17. The van der Waals surface area contributed by atoms with Crippen molar-refractivity contribution in [2.75, 3.05) is 23.7 Å². The Labute approximate surface area is 121 Å². The van der Waals surface area contributed by atoms with E-state index in [0.717, 1.165) is 16.7 Å². The summed E-state index contributed by atoms with van der Waals surface area (Å²) in [6, 6.07) is 0.0298. The number of piperidine rings is 1. The molecule has 114 valence electrons. The molecule has 0 spiro atoms. The van der Waals surface area contributed by atoms with Crippen LogP contribution in [0, 0.1) is 0 Å². The highest BCUT2D eigenvalue weighted by Gasteiger charge is 2.35. The smallest absolute Gasteiger partial charge is 0.408 e. The quantitative estimate of drug-likeness (QED) is 0.916. The molecule has 1 saturated heterocycles. The molecule has 3 rings (SSSR count). The number of halogens is 3. The number of nitrogens with zero attached hydrogens (tertiary/aromatic N) is 4. The van der Waals surface area contributed by atoms with Crippen molar-refractivity contribution in [1.82, 2.24) is 15.2 Å². The third kappa shape index (κ3) is 2.94. The van der Waals surface area contributed by atoms with Gasteiger partial charge in [-0.15, -0.1) is 16.4 Å². The first-order chi connectivity index (χ1) is 9.93. The summed E-state index contributed by atoms with van der Waals surface area (Å²) in [7, 11) is 0. The van der Waals surface area contributed by atoms with Crippen LogP contribution in [0.25, 0.3) is 0 Å². The van der Waals surface area contributed by atoms with E-state index in [-0.39, 0.29) is 11.9 Å². The molecule has 0 bridgehead atoms. The van der Waals surface area contributed by atoms with Crippen LogP contribution in [-0.2, 0) is 6.18 Å². The zero-order chi connectivity index (χ0) is 15.0. The fourth-order valence-corrected chi connectivity index (χ4v) is 3.16. The average Bonchev–Trinajstić information content (AvgIpc) is 3.07. The summed E-state index contributed by atoms with van der Waals surface area (Å²) in [6.45, 7) is 1.19. The maximum absolute atomic E-state index is 12.5. The van der Waals surface area contributed by atoms with Crippen molar-refractivity contribution in [2.24, 2.45) is 0 Å². The lowest BCUT2D eigenvalue weighted by Crippen LogP contribution is -2.33. The molecule has 0 aliphatic carbocycles. The fraction of sp³-hybridized carbons (Fsp3) is 0.545. The van der Waals surface area contributed by atoms with Crippen molar-refractivity contribution < 1.29 is 17.6 Å². The van der Waals surface area contributed by atoms with Gasteiger partial charge in [-0.05, 0) is 12.8 Å². The summed E-state index contributed by atoms with van der Waals surface area (Å²) in [6.07, 6.45) is -2.97. The number of aromatic nitrogens is 3. The van der Waals surface area contributed by atoms with E-state index in [4.69, 9.17) is 10.2 Å². The lowest BCUT2D eigenvalue weighted by Gasteiger charge is -2.30. The van der Waals surface area contributed by atoms with Crippen LogP contribution in [0.5, 0.6) is 0 Å². The number of alkyl halides is 3.